The van der Waals surface area contributed by atoms with E-state index in [-0.39, 0.29) is 5.91 Å². The molecule has 4 aromatic rings. The zero-order valence-electron chi connectivity index (χ0n) is 14.0. The summed E-state index contributed by atoms with van der Waals surface area (Å²) in [5, 5.41) is 19.1. The van der Waals surface area contributed by atoms with Gasteiger partial charge in [-0.3, -0.25) is 4.79 Å². The van der Waals surface area contributed by atoms with Crippen molar-refractivity contribution in [2.45, 2.75) is 19.8 Å². The number of nitrogens with zero attached hydrogens (tertiary/aromatic N) is 6. The Hall–Kier alpha value is -3.20. The first-order chi connectivity index (χ1) is 12.7. The van der Waals surface area contributed by atoms with Crippen molar-refractivity contribution in [2.75, 3.05) is 5.32 Å². The first-order valence-corrected chi connectivity index (χ1v) is 8.92. The molecule has 3 heterocycles. The van der Waals surface area contributed by atoms with Gasteiger partial charge in [0.1, 0.15) is 11.2 Å². The van der Waals surface area contributed by atoms with Gasteiger partial charge in [-0.15, -0.1) is 15.3 Å². The molecular formula is C17H15N7OS. The first-order valence-electron chi connectivity index (χ1n) is 8.14. The Morgan fingerprint density at radius 3 is 2.81 bits per heavy atom. The maximum absolute atomic E-state index is 12.4. The van der Waals surface area contributed by atoms with Crippen molar-refractivity contribution in [3.8, 4) is 11.3 Å². The number of hydrogen-bond donors (Lipinski definition) is 1. The number of anilines is 1. The fourth-order valence-corrected chi connectivity index (χ4v) is 3.18. The highest BCUT2D eigenvalue weighted by Crippen LogP contribution is 2.21. The molecule has 1 amide bonds. The molecule has 0 atom stereocenters. The second kappa shape index (κ2) is 6.96. The zero-order chi connectivity index (χ0) is 17.9. The summed E-state index contributed by atoms with van der Waals surface area (Å²) >= 11 is 1.12. The Bertz CT molecular complexity index is 1050. The standard InChI is InChI=1S/C17H15N7OS/c1-2-3-14-16(26-23-20-14)17(25)19-12-6-4-11(5-7-12)13-8-9-15-21-18-10-24(15)22-13/h4-10H,2-3H2,1H3,(H,19,25). The number of benzene rings is 1. The highest BCUT2D eigenvalue weighted by atomic mass is 32.1. The zero-order valence-corrected chi connectivity index (χ0v) is 14.8. The first kappa shape index (κ1) is 16.3. The van der Waals surface area contributed by atoms with E-state index in [1.807, 2.05) is 43.3 Å². The molecule has 0 radical (unpaired) electrons. The summed E-state index contributed by atoms with van der Waals surface area (Å²) in [6.07, 6.45) is 3.23. The average molecular weight is 365 g/mol. The van der Waals surface area contributed by atoms with Gasteiger partial charge in [0.2, 0.25) is 0 Å². The minimum atomic E-state index is -0.180. The van der Waals surface area contributed by atoms with Crippen LogP contribution in [0.5, 0.6) is 0 Å². The molecule has 0 aliphatic rings. The van der Waals surface area contributed by atoms with E-state index in [2.05, 4.69) is 30.2 Å². The summed E-state index contributed by atoms with van der Waals surface area (Å²) in [6, 6.07) is 11.3. The van der Waals surface area contributed by atoms with Crippen LogP contribution in [0.15, 0.2) is 42.7 Å². The molecule has 0 saturated carbocycles. The Morgan fingerprint density at radius 1 is 1.15 bits per heavy atom. The monoisotopic (exact) mass is 365 g/mol. The number of nitrogens with one attached hydrogen (secondary N) is 1. The van der Waals surface area contributed by atoms with Crippen molar-refractivity contribution >= 4 is 28.8 Å². The summed E-state index contributed by atoms with van der Waals surface area (Å²) in [5.74, 6) is -0.180. The van der Waals surface area contributed by atoms with Gasteiger partial charge in [-0.2, -0.15) is 9.61 Å². The average Bonchev–Trinajstić information content (AvgIpc) is 3.31. The van der Waals surface area contributed by atoms with E-state index in [1.54, 1.807) is 10.8 Å². The van der Waals surface area contributed by atoms with Crippen molar-refractivity contribution in [3.63, 3.8) is 0 Å². The van der Waals surface area contributed by atoms with E-state index in [9.17, 15) is 4.79 Å². The number of aryl methyl sites for hydroxylation is 1. The van der Waals surface area contributed by atoms with Crippen molar-refractivity contribution in [2.24, 2.45) is 0 Å². The number of hydrogen-bond acceptors (Lipinski definition) is 7. The third-order valence-corrected chi connectivity index (χ3v) is 4.62. The lowest BCUT2D eigenvalue weighted by molar-refractivity contribution is 0.102. The molecule has 0 spiro atoms. The predicted molar refractivity (Wildman–Crippen MR) is 98.1 cm³/mol. The minimum absolute atomic E-state index is 0.180. The van der Waals surface area contributed by atoms with Gasteiger partial charge >= 0.3 is 0 Å². The largest absolute Gasteiger partial charge is 0.321 e. The Kier molecular flexibility index (Phi) is 4.36. The smallest absolute Gasteiger partial charge is 0.269 e. The number of carbonyl (C=O) groups excluding carboxylic acids is 1. The number of carbonyl (C=O) groups is 1. The third kappa shape index (κ3) is 3.16. The SMILES string of the molecule is CCCc1nnsc1C(=O)Nc1ccc(-c2ccc3nncn3n2)cc1. The van der Waals surface area contributed by atoms with E-state index in [1.165, 1.54) is 0 Å². The van der Waals surface area contributed by atoms with Crippen LogP contribution < -0.4 is 5.32 Å². The van der Waals surface area contributed by atoms with Gasteiger partial charge in [0.25, 0.3) is 5.91 Å². The molecule has 0 bridgehead atoms. The van der Waals surface area contributed by atoms with Crippen molar-refractivity contribution < 1.29 is 4.79 Å². The van der Waals surface area contributed by atoms with Gasteiger partial charge in [-0.05, 0) is 42.2 Å². The van der Waals surface area contributed by atoms with Gasteiger partial charge in [-0.1, -0.05) is 30.0 Å². The van der Waals surface area contributed by atoms with Gasteiger partial charge in [0.15, 0.2) is 5.65 Å². The number of fused-ring (bicyclic) bond motifs is 1. The fraction of sp³-hybridized carbons (Fsp3) is 0.176. The van der Waals surface area contributed by atoms with Crippen LogP contribution in [0.2, 0.25) is 0 Å². The quantitative estimate of drug-likeness (QED) is 0.584. The lowest BCUT2D eigenvalue weighted by atomic mass is 10.1. The molecule has 8 nitrogen and oxygen atoms in total. The van der Waals surface area contributed by atoms with E-state index in [0.717, 1.165) is 41.3 Å². The van der Waals surface area contributed by atoms with Crippen LogP contribution in [0.4, 0.5) is 5.69 Å². The van der Waals surface area contributed by atoms with E-state index >= 15 is 0 Å². The van der Waals surface area contributed by atoms with Gasteiger partial charge < -0.3 is 5.32 Å². The van der Waals surface area contributed by atoms with Crippen LogP contribution in [0.1, 0.15) is 28.7 Å². The van der Waals surface area contributed by atoms with Crippen LogP contribution in [0.3, 0.4) is 0 Å². The van der Waals surface area contributed by atoms with Crippen LogP contribution in [0, 0.1) is 0 Å². The molecule has 0 saturated heterocycles. The van der Waals surface area contributed by atoms with Crippen LogP contribution in [-0.2, 0) is 6.42 Å². The topological polar surface area (TPSA) is 98.0 Å². The lowest BCUT2D eigenvalue weighted by Crippen LogP contribution is -2.12. The summed E-state index contributed by atoms with van der Waals surface area (Å²) in [7, 11) is 0. The van der Waals surface area contributed by atoms with Crippen LogP contribution in [-0.4, -0.2) is 35.3 Å². The minimum Gasteiger partial charge on any atom is -0.321 e. The molecule has 0 aliphatic heterocycles. The van der Waals surface area contributed by atoms with Gasteiger partial charge in [-0.25, -0.2) is 0 Å². The fourth-order valence-electron chi connectivity index (χ4n) is 2.58. The van der Waals surface area contributed by atoms with Crippen molar-refractivity contribution in [1.29, 1.82) is 0 Å². The molecule has 0 aliphatic carbocycles. The molecule has 130 valence electrons. The molecular weight excluding hydrogens is 350 g/mol. The van der Waals surface area contributed by atoms with Gasteiger partial charge in [0, 0.05) is 11.3 Å². The van der Waals surface area contributed by atoms with E-state index in [4.69, 9.17) is 0 Å². The predicted octanol–water partition coefficient (Wildman–Crippen LogP) is 2.85. The molecule has 9 heteroatoms. The normalized spacial score (nSPS) is 11.0. The molecule has 1 N–H and O–H groups in total. The van der Waals surface area contributed by atoms with Gasteiger partial charge in [0.05, 0.1) is 11.4 Å². The summed E-state index contributed by atoms with van der Waals surface area (Å²) in [4.78, 5) is 13.0. The third-order valence-electron chi connectivity index (χ3n) is 3.85. The van der Waals surface area contributed by atoms with E-state index < -0.39 is 0 Å². The molecule has 1 aromatic carbocycles. The highest BCUT2D eigenvalue weighted by Gasteiger charge is 2.15. The van der Waals surface area contributed by atoms with Crippen molar-refractivity contribution in [1.82, 2.24) is 29.4 Å². The summed E-state index contributed by atoms with van der Waals surface area (Å²) < 4.78 is 5.51. The Morgan fingerprint density at radius 2 is 2.00 bits per heavy atom. The molecule has 4 rings (SSSR count). The number of rotatable bonds is 5. The molecule has 26 heavy (non-hydrogen) atoms. The Labute approximate surface area is 153 Å². The number of amides is 1. The summed E-state index contributed by atoms with van der Waals surface area (Å²) in [5.41, 5.74) is 3.88. The van der Waals surface area contributed by atoms with Crippen LogP contribution in [0.25, 0.3) is 16.9 Å². The summed E-state index contributed by atoms with van der Waals surface area (Å²) in [6.45, 7) is 2.05. The Balaban J connectivity index is 1.52. The maximum Gasteiger partial charge on any atom is 0.269 e. The van der Waals surface area contributed by atoms with Crippen LogP contribution >= 0.6 is 11.5 Å². The van der Waals surface area contributed by atoms with E-state index in [0.29, 0.717) is 16.2 Å². The second-order valence-electron chi connectivity index (χ2n) is 5.68. The maximum atomic E-state index is 12.4. The highest BCUT2D eigenvalue weighted by molar-refractivity contribution is 7.08. The molecule has 0 fully saturated rings. The second-order valence-corrected chi connectivity index (χ2v) is 6.44. The number of aromatic nitrogens is 6. The molecule has 3 aromatic heterocycles. The lowest BCUT2D eigenvalue weighted by Gasteiger charge is -2.06. The van der Waals surface area contributed by atoms with Crippen molar-refractivity contribution in [3.05, 3.63) is 53.3 Å². The molecule has 0 unspecified atom stereocenters.